The van der Waals surface area contributed by atoms with Crippen molar-refractivity contribution in [1.29, 1.82) is 0 Å². The van der Waals surface area contributed by atoms with Crippen molar-refractivity contribution in [2.75, 3.05) is 20.8 Å². The van der Waals surface area contributed by atoms with Crippen molar-refractivity contribution >= 4 is 11.9 Å². The number of rotatable bonds is 3. The number of hydrogen-bond donors (Lipinski definition) is 1. The number of nitrogens with zero attached hydrogens (tertiary/aromatic N) is 2. The first-order valence-corrected chi connectivity index (χ1v) is 6.63. The number of methoxy groups -OCH3 is 2. The summed E-state index contributed by atoms with van der Waals surface area (Å²) in [6.07, 6.45) is 1.48. The lowest BCUT2D eigenvalue weighted by Crippen LogP contribution is -2.51. The molecular formula is C14H18N2O5. The molecule has 7 nitrogen and oxygen atoms in total. The van der Waals surface area contributed by atoms with Crippen LogP contribution < -0.4 is 4.74 Å². The molecule has 0 bridgehead atoms. The molecule has 1 amide bonds. The van der Waals surface area contributed by atoms with Crippen LogP contribution in [0, 0.1) is 0 Å². The Morgan fingerprint density at radius 2 is 2.19 bits per heavy atom. The summed E-state index contributed by atoms with van der Waals surface area (Å²) >= 11 is 0. The third kappa shape index (κ3) is 3.30. The van der Waals surface area contributed by atoms with Gasteiger partial charge in [0.15, 0.2) is 0 Å². The van der Waals surface area contributed by atoms with Crippen molar-refractivity contribution in [3.8, 4) is 5.88 Å². The Kier molecular flexibility index (Phi) is 4.74. The Balaban J connectivity index is 2.24. The molecule has 114 valence electrons. The number of pyridine rings is 1. The largest absolute Gasteiger partial charge is 0.481 e. The van der Waals surface area contributed by atoms with Gasteiger partial charge < -0.3 is 19.5 Å². The highest BCUT2D eigenvalue weighted by Crippen LogP contribution is 2.22. The Morgan fingerprint density at radius 3 is 2.86 bits per heavy atom. The van der Waals surface area contributed by atoms with Crippen LogP contribution in [0.3, 0.4) is 0 Å². The number of aromatic nitrogens is 1. The van der Waals surface area contributed by atoms with E-state index in [0.29, 0.717) is 24.4 Å². The first kappa shape index (κ1) is 15.2. The molecule has 0 aromatic carbocycles. The second-order valence-corrected chi connectivity index (χ2v) is 4.80. The standard InChI is InChI=1S/C14H18N2O5/c1-20-12-7-9(3-5-15-12)13(18)16-6-4-10(17)8-11(16)14(19)21-2/h3,5,7,10-11,17H,4,6,8H2,1-2H3/t10-,11+/m0/s1. The number of ether oxygens (including phenoxy) is 2. The molecule has 0 aliphatic carbocycles. The number of carbonyl (C=O) groups is 2. The van der Waals surface area contributed by atoms with E-state index in [1.54, 1.807) is 6.07 Å². The number of likely N-dealkylation sites (tertiary alicyclic amines) is 1. The lowest BCUT2D eigenvalue weighted by atomic mass is 9.98. The Bertz CT molecular complexity index is 534. The van der Waals surface area contributed by atoms with E-state index in [2.05, 4.69) is 4.98 Å². The zero-order valence-corrected chi connectivity index (χ0v) is 12.0. The van der Waals surface area contributed by atoms with Gasteiger partial charge in [-0.3, -0.25) is 4.79 Å². The molecule has 0 spiro atoms. The molecule has 0 radical (unpaired) electrons. The monoisotopic (exact) mass is 294 g/mol. The van der Waals surface area contributed by atoms with Crippen LogP contribution in [0.25, 0.3) is 0 Å². The van der Waals surface area contributed by atoms with Gasteiger partial charge in [-0.05, 0) is 12.5 Å². The van der Waals surface area contributed by atoms with Gasteiger partial charge in [0.1, 0.15) is 6.04 Å². The molecule has 2 rings (SSSR count). The zero-order chi connectivity index (χ0) is 15.4. The quantitative estimate of drug-likeness (QED) is 0.803. The molecule has 1 saturated heterocycles. The van der Waals surface area contributed by atoms with Gasteiger partial charge in [0, 0.05) is 30.8 Å². The molecule has 0 saturated carbocycles. The summed E-state index contributed by atoms with van der Waals surface area (Å²) in [5, 5.41) is 9.70. The van der Waals surface area contributed by atoms with E-state index in [0.717, 1.165) is 0 Å². The first-order chi connectivity index (χ1) is 10.1. The number of hydrogen-bond acceptors (Lipinski definition) is 6. The van der Waals surface area contributed by atoms with Gasteiger partial charge in [0.2, 0.25) is 5.88 Å². The van der Waals surface area contributed by atoms with E-state index in [-0.39, 0.29) is 12.3 Å². The smallest absolute Gasteiger partial charge is 0.328 e. The van der Waals surface area contributed by atoms with Crippen molar-refractivity contribution in [2.45, 2.75) is 25.0 Å². The summed E-state index contributed by atoms with van der Waals surface area (Å²) < 4.78 is 9.71. The minimum atomic E-state index is -0.773. The topological polar surface area (TPSA) is 89.0 Å². The highest BCUT2D eigenvalue weighted by Gasteiger charge is 2.36. The predicted octanol–water partition coefficient (Wildman–Crippen LogP) is 0.229. The van der Waals surface area contributed by atoms with Gasteiger partial charge in [-0.2, -0.15) is 0 Å². The van der Waals surface area contributed by atoms with Crippen LogP contribution in [0.1, 0.15) is 23.2 Å². The molecule has 21 heavy (non-hydrogen) atoms. The van der Waals surface area contributed by atoms with Crippen molar-refractivity contribution in [2.24, 2.45) is 0 Å². The number of carbonyl (C=O) groups excluding carboxylic acids is 2. The fourth-order valence-electron chi connectivity index (χ4n) is 2.37. The fourth-order valence-corrected chi connectivity index (χ4v) is 2.37. The maximum Gasteiger partial charge on any atom is 0.328 e. The summed E-state index contributed by atoms with van der Waals surface area (Å²) in [4.78, 5) is 29.7. The molecule has 7 heteroatoms. The SMILES string of the molecule is COC(=O)[C@H]1C[C@@H](O)CCN1C(=O)c1ccnc(OC)c1. The van der Waals surface area contributed by atoms with Crippen LogP contribution in [0.15, 0.2) is 18.3 Å². The van der Waals surface area contributed by atoms with Crippen molar-refractivity contribution in [3.05, 3.63) is 23.9 Å². The molecule has 1 aromatic heterocycles. The molecule has 0 unspecified atom stereocenters. The summed E-state index contributed by atoms with van der Waals surface area (Å²) in [6.45, 7) is 0.296. The second kappa shape index (κ2) is 6.53. The Labute approximate surface area is 122 Å². The maximum absolute atomic E-state index is 12.6. The van der Waals surface area contributed by atoms with E-state index in [1.807, 2.05) is 0 Å². The number of aliphatic hydroxyl groups excluding tert-OH is 1. The van der Waals surface area contributed by atoms with Crippen LogP contribution >= 0.6 is 0 Å². The molecule has 1 aliphatic heterocycles. The number of aliphatic hydroxyl groups is 1. The summed E-state index contributed by atoms with van der Waals surface area (Å²) in [5.41, 5.74) is 0.382. The normalized spacial score (nSPS) is 21.8. The minimum absolute atomic E-state index is 0.181. The van der Waals surface area contributed by atoms with Crippen LogP contribution in [0.5, 0.6) is 5.88 Å². The summed E-state index contributed by atoms with van der Waals surface area (Å²) in [6, 6.07) is 2.30. The van der Waals surface area contributed by atoms with Crippen molar-refractivity contribution in [3.63, 3.8) is 0 Å². The third-order valence-corrected chi connectivity index (χ3v) is 3.50. The number of esters is 1. The Morgan fingerprint density at radius 1 is 1.43 bits per heavy atom. The lowest BCUT2D eigenvalue weighted by Gasteiger charge is -2.36. The van der Waals surface area contributed by atoms with Gasteiger partial charge in [0.25, 0.3) is 5.91 Å². The summed E-state index contributed by atoms with van der Waals surface area (Å²) in [5.74, 6) is -0.506. The maximum atomic E-state index is 12.6. The average molecular weight is 294 g/mol. The van der Waals surface area contributed by atoms with Gasteiger partial charge in [-0.25, -0.2) is 9.78 Å². The second-order valence-electron chi connectivity index (χ2n) is 4.80. The molecule has 1 N–H and O–H groups in total. The van der Waals surface area contributed by atoms with Gasteiger partial charge in [0.05, 0.1) is 20.3 Å². The van der Waals surface area contributed by atoms with Gasteiger partial charge in [-0.15, -0.1) is 0 Å². The van der Waals surface area contributed by atoms with E-state index >= 15 is 0 Å². The fraction of sp³-hybridized carbons (Fsp3) is 0.500. The minimum Gasteiger partial charge on any atom is -0.481 e. The van der Waals surface area contributed by atoms with Crippen molar-refractivity contribution < 1.29 is 24.2 Å². The van der Waals surface area contributed by atoms with Gasteiger partial charge in [-0.1, -0.05) is 0 Å². The molecule has 1 aliphatic rings. The molecule has 1 aromatic rings. The van der Waals surface area contributed by atoms with Crippen LogP contribution in [0.4, 0.5) is 0 Å². The van der Waals surface area contributed by atoms with Gasteiger partial charge >= 0.3 is 5.97 Å². The highest BCUT2D eigenvalue weighted by atomic mass is 16.5. The summed E-state index contributed by atoms with van der Waals surface area (Å²) in [7, 11) is 2.73. The molecule has 2 atom stereocenters. The van der Waals surface area contributed by atoms with E-state index in [9.17, 15) is 14.7 Å². The predicted molar refractivity (Wildman–Crippen MR) is 72.9 cm³/mol. The number of amides is 1. The Hall–Kier alpha value is -2.15. The first-order valence-electron chi connectivity index (χ1n) is 6.63. The lowest BCUT2D eigenvalue weighted by molar-refractivity contribution is -0.148. The van der Waals surface area contributed by atoms with E-state index in [1.165, 1.54) is 31.4 Å². The van der Waals surface area contributed by atoms with Crippen LogP contribution in [0.2, 0.25) is 0 Å². The number of piperidine rings is 1. The molecular weight excluding hydrogens is 276 g/mol. The van der Waals surface area contributed by atoms with Crippen molar-refractivity contribution in [1.82, 2.24) is 9.88 Å². The van der Waals surface area contributed by atoms with Crippen LogP contribution in [-0.4, -0.2) is 59.8 Å². The molecule has 2 heterocycles. The highest BCUT2D eigenvalue weighted by molar-refractivity contribution is 5.97. The van der Waals surface area contributed by atoms with Crippen LogP contribution in [-0.2, 0) is 9.53 Å². The van der Waals surface area contributed by atoms with E-state index < -0.39 is 18.1 Å². The zero-order valence-electron chi connectivity index (χ0n) is 12.0. The molecule has 1 fully saturated rings. The van der Waals surface area contributed by atoms with E-state index in [4.69, 9.17) is 9.47 Å². The third-order valence-electron chi connectivity index (χ3n) is 3.50. The average Bonchev–Trinajstić information content (AvgIpc) is 2.53.